The van der Waals surface area contributed by atoms with Gasteiger partial charge >= 0.3 is 0 Å². The highest BCUT2D eigenvalue weighted by molar-refractivity contribution is 5.55. The van der Waals surface area contributed by atoms with Gasteiger partial charge in [0.15, 0.2) is 5.76 Å². The van der Waals surface area contributed by atoms with E-state index in [0.29, 0.717) is 5.92 Å². The zero-order chi connectivity index (χ0) is 16.1. The van der Waals surface area contributed by atoms with E-state index in [-0.39, 0.29) is 6.04 Å². The van der Waals surface area contributed by atoms with Crippen molar-refractivity contribution in [1.29, 1.82) is 0 Å². The molecule has 3 rings (SSSR count). The zero-order valence-corrected chi connectivity index (χ0v) is 14.1. The second kappa shape index (κ2) is 7.75. The molecule has 0 radical (unpaired) electrons. The summed E-state index contributed by atoms with van der Waals surface area (Å²) in [5.74, 6) is 2.27. The van der Waals surface area contributed by atoms with Gasteiger partial charge in [0.2, 0.25) is 5.89 Å². The molecule has 0 amide bonds. The molecule has 4 heteroatoms. The van der Waals surface area contributed by atoms with Gasteiger partial charge < -0.3 is 9.15 Å². The van der Waals surface area contributed by atoms with E-state index >= 15 is 0 Å². The van der Waals surface area contributed by atoms with Crippen LogP contribution in [0.25, 0.3) is 11.3 Å². The summed E-state index contributed by atoms with van der Waals surface area (Å²) in [6.07, 6.45) is 4.31. The number of aromatic nitrogens is 1. The Morgan fingerprint density at radius 2 is 2.17 bits per heavy atom. The number of likely N-dealkylation sites (tertiary alicyclic amines) is 1. The first-order chi connectivity index (χ1) is 11.3. The van der Waals surface area contributed by atoms with Gasteiger partial charge in [0, 0.05) is 18.7 Å². The van der Waals surface area contributed by atoms with Gasteiger partial charge in [-0.25, -0.2) is 4.98 Å². The van der Waals surface area contributed by atoms with Gasteiger partial charge in [-0.3, -0.25) is 4.90 Å². The molecule has 4 nitrogen and oxygen atoms in total. The van der Waals surface area contributed by atoms with Crippen LogP contribution in [0.2, 0.25) is 0 Å². The first-order valence-corrected chi connectivity index (χ1v) is 8.61. The zero-order valence-electron chi connectivity index (χ0n) is 14.1. The van der Waals surface area contributed by atoms with Crippen LogP contribution in [0.15, 0.2) is 40.9 Å². The van der Waals surface area contributed by atoms with E-state index in [1.165, 1.54) is 12.8 Å². The Morgan fingerprint density at radius 1 is 1.35 bits per heavy atom. The van der Waals surface area contributed by atoms with E-state index in [1.807, 2.05) is 36.5 Å². The second-order valence-corrected chi connectivity index (χ2v) is 6.27. The van der Waals surface area contributed by atoms with Crippen molar-refractivity contribution in [3.05, 3.63) is 42.4 Å². The van der Waals surface area contributed by atoms with Crippen LogP contribution in [0.1, 0.15) is 38.6 Å². The third kappa shape index (κ3) is 4.01. The Labute approximate surface area is 138 Å². The lowest BCUT2D eigenvalue weighted by atomic mass is 9.97. The molecule has 0 spiro atoms. The number of hydrogen-bond acceptors (Lipinski definition) is 4. The van der Waals surface area contributed by atoms with E-state index in [4.69, 9.17) is 9.15 Å². The Kier molecular flexibility index (Phi) is 5.47. The predicted molar refractivity (Wildman–Crippen MR) is 91.1 cm³/mol. The Balaban J connectivity index is 1.66. The van der Waals surface area contributed by atoms with Crippen molar-refractivity contribution < 1.29 is 9.15 Å². The molecule has 0 aliphatic carbocycles. The maximum atomic E-state index is 6.02. The average Bonchev–Trinajstić information content (AvgIpc) is 3.10. The van der Waals surface area contributed by atoms with Crippen molar-refractivity contribution in [1.82, 2.24) is 9.88 Å². The van der Waals surface area contributed by atoms with Crippen molar-refractivity contribution in [2.75, 3.05) is 26.3 Å². The molecule has 1 fully saturated rings. The minimum absolute atomic E-state index is 0.205. The highest BCUT2D eigenvalue weighted by Gasteiger charge is 2.27. The number of benzene rings is 1. The van der Waals surface area contributed by atoms with Crippen molar-refractivity contribution in [2.24, 2.45) is 5.92 Å². The second-order valence-electron chi connectivity index (χ2n) is 6.27. The number of rotatable bonds is 6. The number of piperidine rings is 1. The van der Waals surface area contributed by atoms with Gasteiger partial charge in [-0.2, -0.15) is 0 Å². The van der Waals surface area contributed by atoms with Crippen molar-refractivity contribution in [3.8, 4) is 11.3 Å². The van der Waals surface area contributed by atoms with E-state index in [9.17, 15) is 0 Å². The smallest absolute Gasteiger partial charge is 0.211 e. The first kappa shape index (κ1) is 16.2. The average molecular weight is 314 g/mol. The van der Waals surface area contributed by atoms with Gasteiger partial charge in [0.1, 0.15) is 0 Å². The molecule has 1 saturated heterocycles. The van der Waals surface area contributed by atoms with Crippen molar-refractivity contribution >= 4 is 0 Å². The summed E-state index contributed by atoms with van der Waals surface area (Å²) >= 11 is 0. The lowest BCUT2D eigenvalue weighted by Gasteiger charge is -2.35. The molecule has 23 heavy (non-hydrogen) atoms. The van der Waals surface area contributed by atoms with Crippen LogP contribution in [0.4, 0.5) is 0 Å². The summed E-state index contributed by atoms with van der Waals surface area (Å²) in [5.41, 5.74) is 1.08. The fourth-order valence-corrected chi connectivity index (χ4v) is 3.24. The molecule has 1 aliphatic rings. The van der Waals surface area contributed by atoms with Gasteiger partial charge in [0.25, 0.3) is 0 Å². The normalized spacial score (nSPS) is 20.5. The molecule has 0 saturated carbocycles. The summed E-state index contributed by atoms with van der Waals surface area (Å²) in [6.45, 7) is 8.06. The number of oxazole rings is 1. The van der Waals surface area contributed by atoms with Gasteiger partial charge in [-0.15, -0.1) is 0 Å². The summed E-state index contributed by atoms with van der Waals surface area (Å²) in [6, 6.07) is 10.3. The van der Waals surface area contributed by atoms with Crippen LogP contribution in [-0.2, 0) is 4.74 Å². The number of nitrogens with zero attached hydrogens (tertiary/aromatic N) is 2. The third-order valence-electron chi connectivity index (χ3n) is 4.60. The SMILES string of the molecule is CCOC[C@@H]1CCCN([C@H](C)c2ncc(-c3ccccc3)o2)C1. The molecule has 0 bridgehead atoms. The molecule has 0 unspecified atom stereocenters. The number of ether oxygens (including phenoxy) is 1. The third-order valence-corrected chi connectivity index (χ3v) is 4.60. The summed E-state index contributed by atoms with van der Waals surface area (Å²) in [5, 5.41) is 0. The first-order valence-electron chi connectivity index (χ1n) is 8.61. The van der Waals surface area contributed by atoms with Crippen LogP contribution in [0.5, 0.6) is 0 Å². The largest absolute Gasteiger partial charge is 0.439 e. The summed E-state index contributed by atoms with van der Waals surface area (Å²) in [4.78, 5) is 6.98. The molecule has 2 aromatic rings. The molecule has 1 aromatic carbocycles. The summed E-state index contributed by atoms with van der Waals surface area (Å²) < 4.78 is 11.6. The maximum absolute atomic E-state index is 6.02. The predicted octanol–water partition coefficient (Wildman–Crippen LogP) is 4.15. The van der Waals surface area contributed by atoms with Crippen LogP contribution < -0.4 is 0 Å². The molecule has 124 valence electrons. The van der Waals surface area contributed by atoms with E-state index in [1.54, 1.807) is 0 Å². The van der Waals surface area contributed by atoms with Crippen LogP contribution in [0.3, 0.4) is 0 Å². The van der Waals surface area contributed by atoms with E-state index in [2.05, 4.69) is 23.7 Å². The van der Waals surface area contributed by atoms with Crippen LogP contribution >= 0.6 is 0 Å². The molecular formula is C19H26N2O2. The van der Waals surface area contributed by atoms with Gasteiger partial charge in [-0.1, -0.05) is 30.3 Å². The lowest BCUT2D eigenvalue weighted by Crippen LogP contribution is -2.38. The van der Waals surface area contributed by atoms with Crippen molar-refractivity contribution in [3.63, 3.8) is 0 Å². The minimum atomic E-state index is 0.205. The standard InChI is InChI=1S/C19H26N2O2/c1-3-22-14-16-8-7-11-21(13-16)15(2)19-20-12-18(23-19)17-9-5-4-6-10-17/h4-6,9-10,12,15-16H,3,7-8,11,13-14H2,1-2H3/t15-,16-/m1/s1. The van der Waals surface area contributed by atoms with Crippen LogP contribution in [0, 0.1) is 5.92 Å². The Hall–Kier alpha value is -1.65. The molecular weight excluding hydrogens is 288 g/mol. The minimum Gasteiger partial charge on any atom is -0.439 e. The maximum Gasteiger partial charge on any atom is 0.211 e. The fourth-order valence-electron chi connectivity index (χ4n) is 3.24. The summed E-state index contributed by atoms with van der Waals surface area (Å²) in [7, 11) is 0. The quantitative estimate of drug-likeness (QED) is 0.803. The Morgan fingerprint density at radius 3 is 2.96 bits per heavy atom. The lowest BCUT2D eigenvalue weighted by molar-refractivity contribution is 0.0489. The van der Waals surface area contributed by atoms with Gasteiger partial charge in [-0.05, 0) is 39.2 Å². The highest BCUT2D eigenvalue weighted by atomic mass is 16.5. The molecule has 2 atom stereocenters. The molecule has 1 aliphatic heterocycles. The van der Waals surface area contributed by atoms with Crippen LogP contribution in [-0.4, -0.2) is 36.2 Å². The van der Waals surface area contributed by atoms with E-state index in [0.717, 1.165) is 43.5 Å². The monoisotopic (exact) mass is 314 g/mol. The van der Waals surface area contributed by atoms with E-state index < -0.39 is 0 Å². The van der Waals surface area contributed by atoms with Gasteiger partial charge in [0.05, 0.1) is 18.8 Å². The Bertz CT molecular complexity index is 596. The molecule has 1 aromatic heterocycles. The fraction of sp³-hybridized carbons (Fsp3) is 0.526. The highest BCUT2D eigenvalue weighted by Crippen LogP contribution is 2.29. The molecule has 2 heterocycles. The topological polar surface area (TPSA) is 38.5 Å². The number of hydrogen-bond donors (Lipinski definition) is 0. The van der Waals surface area contributed by atoms with Crippen molar-refractivity contribution in [2.45, 2.75) is 32.7 Å². The molecule has 0 N–H and O–H groups in total.